The normalized spacial score (nSPS) is 12.1. The molecule has 0 aliphatic rings. The highest BCUT2D eigenvalue weighted by molar-refractivity contribution is 5.87. The second-order valence-corrected chi connectivity index (χ2v) is 2.46. The molecule has 0 saturated carbocycles. The monoisotopic (exact) mass is 230 g/mol. The van der Waals surface area contributed by atoms with Gasteiger partial charge in [-0.1, -0.05) is 0 Å². The number of hydrogen-bond donors (Lipinski definition) is 2. The van der Waals surface area contributed by atoms with E-state index >= 15 is 0 Å². The predicted octanol–water partition coefficient (Wildman–Crippen LogP) is 2.06. The topological polar surface area (TPSA) is 66.0 Å². The number of nitrogens with zero attached hydrogens (tertiary/aromatic N) is 1. The number of hydrogen-bond acceptors (Lipinski definition) is 2. The van der Waals surface area contributed by atoms with Crippen molar-refractivity contribution in [2.24, 2.45) is 0 Å². The molecule has 1 rings (SSSR count). The van der Waals surface area contributed by atoms with E-state index in [4.69, 9.17) is 5.11 Å². The lowest BCUT2D eigenvalue weighted by Gasteiger charge is -2.07. The number of alkyl halides is 5. The summed E-state index contributed by atoms with van der Waals surface area (Å²) in [6.45, 7) is 0. The minimum atomic E-state index is -5.19. The molecule has 0 atom stereocenters. The van der Waals surface area contributed by atoms with Gasteiger partial charge in [-0.15, -0.1) is 0 Å². The van der Waals surface area contributed by atoms with Crippen LogP contribution in [0.25, 0.3) is 0 Å². The van der Waals surface area contributed by atoms with Crippen LogP contribution in [0.2, 0.25) is 0 Å². The van der Waals surface area contributed by atoms with Gasteiger partial charge in [0.25, 0.3) is 6.43 Å². The first-order valence-electron chi connectivity index (χ1n) is 3.42. The van der Waals surface area contributed by atoms with E-state index in [1.807, 2.05) is 0 Å². The van der Waals surface area contributed by atoms with Crippen molar-refractivity contribution < 1.29 is 31.9 Å². The molecule has 0 spiro atoms. The molecule has 0 fully saturated rings. The summed E-state index contributed by atoms with van der Waals surface area (Å²) in [5, 5.41) is 12.3. The van der Waals surface area contributed by atoms with Gasteiger partial charge in [-0.2, -0.15) is 18.3 Å². The molecule has 1 aromatic heterocycles. The molecule has 0 aliphatic heterocycles. The molecule has 0 amide bonds. The molecule has 84 valence electrons. The Bertz CT molecular complexity index is 383. The van der Waals surface area contributed by atoms with Gasteiger partial charge in [0.2, 0.25) is 0 Å². The van der Waals surface area contributed by atoms with E-state index < -0.39 is 35.5 Å². The summed E-state index contributed by atoms with van der Waals surface area (Å²) in [5.41, 5.74) is -4.94. The smallest absolute Gasteiger partial charge is 0.420 e. The van der Waals surface area contributed by atoms with E-state index in [2.05, 4.69) is 5.10 Å². The van der Waals surface area contributed by atoms with E-state index in [1.165, 1.54) is 5.10 Å². The number of H-pyrrole nitrogens is 1. The number of aromatic amines is 1. The van der Waals surface area contributed by atoms with E-state index in [1.54, 1.807) is 0 Å². The molecule has 0 aromatic carbocycles. The first-order chi connectivity index (χ1) is 6.75. The fourth-order valence-corrected chi connectivity index (χ4v) is 0.955. The lowest BCUT2D eigenvalue weighted by atomic mass is 10.1. The second-order valence-electron chi connectivity index (χ2n) is 2.46. The lowest BCUT2D eigenvalue weighted by molar-refractivity contribution is -0.140. The van der Waals surface area contributed by atoms with Crippen molar-refractivity contribution in [2.75, 3.05) is 0 Å². The maximum Gasteiger partial charge on any atom is 0.420 e. The van der Waals surface area contributed by atoms with E-state index in [0.29, 0.717) is 0 Å². The fourth-order valence-electron chi connectivity index (χ4n) is 0.955. The van der Waals surface area contributed by atoms with Crippen molar-refractivity contribution in [3.05, 3.63) is 17.0 Å². The van der Waals surface area contributed by atoms with Crippen LogP contribution in [0.5, 0.6) is 0 Å². The van der Waals surface area contributed by atoms with Crippen LogP contribution in [0, 0.1) is 0 Å². The maximum absolute atomic E-state index is 12.2. The van der Waals surface area contributed by atoms with Gasteiger partial charge < -0.3 is 5.11 Å². The van der Waals surface area contributed by atoms with E-state index in [0.717, 1.165) is 0 Å². The van der Waals surface area contributed by atoms with Crippen molar-refractivity contribution in [1.82, 2.24) is 10.2 Å². The molecular weight excluding hydrogens is 227 g/mol. The van der Waals surface area contributed by atoms with Crippen molar-refractivity contribution in [3.8, 4) is 0 Å². The lowest BCUT2D eigenvalue weighted by Crippen LogP contribution is -2.13. The summed E-state index contributed by atoms with van der Waals surface area (Å²) in [5.74, 6) is -2.02. The van der Waals surface area contributed by atoms with Crippen molar-refractivity contribution in [2.45, 2.75) is 12.6 Å². The molecule has 4 nitrogen and oxygen atoms in total. The highest BCUT2D eigenvalue weighted by atomic mass is 19.4. The number of carbonyl (C=O) groups is 1. The van der Waals surface area contributed by atoms with Crippen LogP contribution >= 0.6 is 0 Å². The van der Waals surface area contributed by atoms with E-state index in [-0.39, 0.29) is 0 Å². The number of aromatic carboxylic acids is 1. The standard InChI is InChI=1S/C6H3F5N2O2/c7-4(8)2-1(6(9,10)11)3(5(14)15)13-12-2/h4H,(H,12,13)(H,14,15). The largest absolute Gasteiger partial charge is 0.476 e. The Hall–Kier alpha value is -1.67. The van der Waals surface area contributed by atoms with Crippen LogP contribution in [0.1, 0.15) is 28.2 Å². The molecule has 1 aromatic rings. The number of rotatable bonds is 2. The molecule has 2 N–H and O–H groups in total. The van der Waals surface area contributed by atoms with Crippen LogP contribution in [-0.2, 0) is 6.18 Å². The Morgan fingerprint density at radius 1 is 1.40 bits per heavy atom. The van der Waals surface area contributed by atoms with Crippen LogP contribution in [-0.4, -0.2) is 21.3 Å². The predicted molar refractivity (Wildman–Crippen MR) is 35.5 cm³/mol. The molecule has 0 bridgehead atoms. The maximum atomic E-state index is 12.2. The summed E-state index contributed by atoms with van der Waals surface area (Å²) < 4.78 is 60.8. The van der Waals surface area contributed by atoms with Crippen LogP contribution < -0.4 is 0 Å². The summed E-state index contributed by atoms with van der Waals surface area (Å²) in [6, 6.07) is 0. The van der Waals surface area contributed by atoms with Crippen LogP contribution in [0.4, 0.5) is 22.0 Å². The minimum Gasteiger partial charge on any atom is -0.476 e. The Balaban J connectivity index is 3.40. The van der Waals surface area contributed by atoms with Gasteiger partial charge in [0.1, 0.15) is 11.3 Å². The average Bonchev–Trinajstić information content (AvgIpc) is 2.45. The summed E-state index contributed by atoms with van der Waals surface area (Å²) in [4.78, 5) is 10.3. The third-order valence-corrected chi connectivity index (χ3v) is 1.50. The highest BCUT2D eigenvalue weighted by Crippen LogP contribution is 2.37. The van der Waals surface area contributed by atoms with Crippen molar-refractivity contribution in [1.29, 1.82) is 0 Å². The number of halogens is 5. The molecule has 9 heteroatoms. The average molecular weight is 230 g/mol. The molecule has 0 radical (unpaired) electrons. The number of carboxylic acids is 1. The number of aromatic nitrogens is 2. The van der Waals surface area contributed by atoms with Gasteiger partial charge in [0.05, 0.1) is 0 Å². The highest BCUT2D eigenvalue weighted by Gasteiger charge is 2.42. The zero-order valence-electron chi connectivity index (χ0n) is 6.77. The molecule has 15 heavy (non-hydrogen) atoms. The van der Waals surface area contributed by atoms with Gasteiger partial charge in [0.15, 0.2) is 5.69 Å². The molecular formula is C6H3F5N2O2. The minimum absolute atomic E-state index is 1.36. The third-order valence-electron chi connectivity index (χ3n) is 1.50. The van der Waals surface area contributed by atoms with Gasteiger partial charge in [0, 0.05) is 0 Å². The van der Waals surface area contributed by atoms with Crippen molar-refractivity contribution >= 4 is 5.97 Å². The zero-order chi connectivity index (χ0) is 11.8. The van der Waals surface area contributed by atoms with Gasteiger partial charge in [-0.3, -0.25) is 5.10 Å². The first-order valence-corrected chi connectivity index (χ1v) is 3.42. The zero-order valence-corrected chi connectivity index (χ0v) is 6.77. The molecule has 0 aliphatic carbocycles. The Labute approximate surface area is 78.7 Å². The van der Waals surface area contributed by atoms with E-state index in [9.17, 15) is 26.7 Å². The quantitative estimate of drug-likeness (QED) is 0.764. The molecule has 0 saturated heterocycles. The summed E-state index contributed by atoms with van der Waals surface area (Å²) in [7, 11) is 0. The molecule has 1 heterocycles. The van der Waals surface area contributed by atoms with Crippen molar-refractivity contribution in [3.63, 3.8) is 0 Å². The Kier molecular flexibility index (Phi) is 2.65. The van der Waals surface area contributed by atoms with Crippen LogP contribution in [0.3, 0.4) is 0 Å². The van der Waals surface area contributed by atoms with Crippen LogP contribution in [0.15, 0.2) is 0 Å². The summed E-state index contributed by atoms with van der Waals surface area (Å²) in [6.07, 6.45) is -8.66. The van der Waals surface area contributed by atoms with Gasteiger partial charge in [-0.25, -0.2) is 13.6 Å². The SMILES string of the molecule is O=C(O)c1n[nH]c(C(F)F)c1C(F)(F)F. The fraction of sp³-hybridized carbons (Fsp3) is 0.333. The van der Waals surface area contributed by atoms with Gasteiger partial charge >= 0.3 is 12.1 Å². The van der Waals surface area contributed by atoms with Gasteiger partial charge in [-0.05, 0) is 0 Å². The Morgan fingerprint density at radius 3 is 2.27 bits per heavy atom. The first kappa shape index (κ1) is 11.4. The summed E-state index contributed by atoms with van der Waals surface area (Å²) >= 11 is 0. The second kappa shape index (κ2) is 3.48. The number of nitrogens with one attached hydrogen (secondary N) is 1. The number of carboxylic acid groups (broad SMARTS) is 1. The third kappa shape index (κ3) is 2.05. The molecule has 0 unspecified atom stereocenters. The Morgan fingerprint density at radius 2 is 1.93 bits per heavy atom.